The third-order valence-corrected chi connectivity index (χ3v) is 6.17. The fraction of sp³-hybridized carbons (Fsp3) is 0.542. The molecule has 5 atom stereocenters. The van der Waals surface area contributed by atoms with Gasteiger partial charge in [0.2, 0.25) is 17.7 Å². The van der Waals surface area contributed by atoms with Crippen molar-refractivity contribution < 1.29 is 39.3 Å². The maximum atomic E-state index is 13.3. The highest BCUT2D eigenvalue weighted by molar-refractivity contribution is 5.95. The van der Waals surface area contributed by atoms with E-state index in [0.717, 1.165) is 6.42 Å². The average Bonchev–Trinajstić information content (AvgIpc) is 3.37. The molecule has 198 valence electrons. The summed E-state index contributed by atoms with van der Waals surface area (Å²) in [7, 11) is 0. The van der Waals surface area contributed by atoms with E-state index in [0.29, 0.717) is 24.9 Å². The van der Waals surface area contributed by atoms with Crippen LogP contribution in [-0.2, 0) is 30.4 Å². The Morgan fingerprint density at radius 3 is 2.19 bits per heavy atom. The third kappa shape index (κ3) is 8.52. The number of carbonyl (C=O) groups excluding carboxylic acids is 3. The van der Waals surface area contributed by atoms with E-state index in [1.54, 1.807) is 26.0 Å². The zero-order valence-electron chi connectivity index (χ0n) is 20.3. The van der Waals surface area contributed by atoms with Crippen molar-refractivity contribution in [2.24, 2.45) is 5.92 Å². The minimum atomic E-state index is -1.67. The maximum absolute atomic E-state index is 13.3. The zero-order chi connectivity index (χ0) is 26.8. The molecule has 12 heteroatoms. The molecular weight excluding hydrogens is 472 g/mol. The lowest BCUT2D eigenvalue weighted by atomic mass is 9.96. The van der Waals surface area contributed by atoms with Gasteiger partial charge in [0.25, 0.3) is 0 Å². The van der Waals surface area contributed by atoms with Crippen molar-refractivity contribution in [2.75, 3.05) is 6.54 Å². The van der Waals surface area contributed by atoms with Gasteiger partial charge < -0.3 is 36.6 Å². The molecule has 12 nitrogen and oxygen atoms in total. The van der Waals surface area contributed by atoms with Gasteiger partial charge in [-0.3, -0.25) is 19.2 Å². The second-order valence-electron chi connectivity index (χ2n) is 8.95. The van der Waals surface area contributed by atoms with Crippen LogP contribution >= 0.6 is 0 Å². The van der Waals surface area contributed by atoms with Crippen molar-refractivity contribution >= 4 is 29.7 Å². The molecule has 1 fully saturated rings. The van der Waals surface area contributed by atoms with Crippen LogP contribution in [0.2, 0.25) is 0 Å². The first-order valence-corrected chi connectivity index (χ1v) is 11.9. The molecule has 1 aromatic rings. The number of amides is 3. The monoisotopic (exact) mass is 506 g/mol. The van der Waals surface area contributed by atoms with Crippen LogP contribution in [0.1, 0.15) is 45.1 Å². The first-order valence-electron chi connectivity index (χ1n) is 11.9. The Hall–Kier alpha value is -3.67. The third-order valence-electron chi connectivity index (χ3n) is 6.17. The summed E-state index contributed by atoms with van der Waals surface area (Å²) >= 11 is 0. The number of rotatable bonds is 13. The first-order chi connectivity index (χ1) is 17.0. The molecule has 0 radical (unpaired) electrons. The minimum absolute atomic E-state index is 0.0433. The highest BCUT2D eigenvalue weighted by Crippen LogP contribution is 2.14. The van der Waals surface area contributed by atoms with Crippen molar-refractivity contribution in [3.05, 3.63) is 29.8 Å². The van der Waals surface area contributed by atoms with Gasteiger partial charge in [-0.05, 0) is 43.0 Å². The molecule has 3 amide bonds. The van der Waals surface area contributed by atoms with Crippen LogP contribution in [0.3, 0.4) is 0 Å². The lowest BCUT2D eigenvalue weighted by molar-refractivity contribution is -0.147. The molecule has 1 saturated heterocycles. The van der Waals surface area contributed by atoms with Crippen LogP contribution < -0.4 is 21.3 Å². The Kier molecular flexibility index (Phi) is 10.7. The molecule has 5 unspecified atom stereocenters. The van der Waals surface area contributed by atoms with Crippen molar-refractivity contribution in [2.45, 2.75) is 70.1 Å². The maximum Gasteiger partial charge on any atom is 0.326 e. The van der Waals surface area contributed by atoms with Gasteiger partial charge in [-0.1, -0.05) is 32.4 Å². The van der Waals surface area contributed by atoms with Crippen LogP contribution in [-0.4, -0.2) is 75.7 Å². The second kappa shape index (κ2) is 13.4. The van der Waals surface area contributed by atoms with Crippen molar-refractivity contribution in [1.29, 1.82) is 0 Å². The minimum Gasteiger partial charge on any atom is -0.508 e. The van der Waals surface area contributed by atoms with Gasteiger partial charge in [-0.15, -0.1) is 0 Å². The average molecular weight is 507 g/mol. The lowest BCUT2D eigenvalue weighted by Crippen LogP contribution is -2.59. The number of aliphatic carboxylic acids is 2. The summed E-state index contributed by atoms with van der Waals surface area (Å²) in [6, 6.07) is 1.79. The number of carbonyl (C=O) groups is 5. The molecule has 0 bridgehead atoms. The summed E-state index contributed by atoms with van der Waals surface area (Å²) in [5.74, 6) is -5.14. The Morgan fingerprint density at radius 2 is 1.67 bits per heavy atom. The van der Waals surface area contributed by atoms with Crippen LogP contribution in [0, 0.1) is 5.92 Å². The van der Waals surface area contributed by atoms with Gasteiger partial charge in [-0.25, -0.2) is 4.79 Å². The van der Waals surface area contributed by atoms with Crippen LogP contribution in [0.5, 0.6) is 5.75 Å². The number of phenols is 1. The van der Waals surface area contributed by atoms with Gasteiger partial charge >= 0.3 is 11.9 Å². The highest BCUT2D eigenvalue weighted by atomic mass is 16.4. The molecule has 0 spiro atoms. The number of aromatic hydroxyl groups is 1. The number of phenolic OH excluding ortho intramolecular Hbond substituents is 1. The van der Waals surface area contributed by atoms with Crippen molar-refractivity contribution in [3.63, 3.8) is 0 Å². The first kappa shape index (κ1) is 28.6. The van der Waals surface area contributed by atoms with Crippen molar-refractivity contribution in [3.8, 4) is 5.75 Å². The fourth-order valence-electron chi connectivity index (χ4n) is 3.85. The van der Waals surface area contributed by atoms with Crippen LogP contribution in [0.15, 0.2) is 24.3 Å². The van der Waals surface area contributed by atoms with Crippen LogP contribution in [0.25, 0.3) is 0 Å². The molecule has 7 N–H and O–H groups in total. The largest absolute Gasteiger partial charge is 0.508 e. The predicted octanol–water partition coefficient (Wildman–Crippen LogP) is -0.253. The summed E-state index contributed by atoms with van der Waals surface area (Å²) < 4.78 is 0. The normalized spacial score (nSPS) is 18.3. The molecule has 0 saturated carbocycles. The summed E-state index contributed by atoms with van der Waals surface area (Å²) in [6.45, 7) is 4.16. The standard InChI is InChI=1S/C24H34N4O8/c1-3-13(2)20(23(34)27-18(24(35)36)12-19(30)31)28-22(33)17(11-14-6-8-15(29)9-7-14)26-21(32)16-5-4-10-25-16/h6-9,13,16-18,20,25,29H,3-5,10-12H2,1-2H3,(H,26,32)(H,27,34)(H,28,33)(H,30,31)(H,35,36). The lowest BCUT2D eigenvalue weighted by Gasteiger charge is -2.28. The number of hydrogen-bond donors (Lipinski definition) is 7. The summed E-state index contributed by atoms with van der Waals surface area (Å²) in [5.41, 5.74) is 0.657. The SMILES string of the molecule is CCC(C)C(NC(=O)C(Cc1ccc(O)cc1)NC(=O)C1CCCN1)C(=O)NC(CC(=O)O)C(=O)O. The molecule has 1 aliphatic heterocycles. The van der Waals surface area contributed by atoms with E-state index in [1.807, 2.05) is 0 Å². The number of hydrogen-bond acceptors (Lipinski definition) is 7. The van der Waals surface area contributed by atoms with Gasteiger partial charge in [-0.2, -0.15) is 0 Å². The number of carboxylic acid groups (broad SMARTS) is 2. The van der Waals surface area contributed by atoms with E-state index < -0.39 is 60.3 Å². The number of carboxylic acids is 2. The molecule has 2 rings (SSSR count). The van der Waals surface area contributed by atoms with Gasteiger partial charge in [0.15, 0.2) is 0 Å². The number of nitrogens with one attached hydrogen (secondary N) is 4. The fourth-order valence-corrected chi connectivity index (χ4v) is 3.85. The van der Waals surface area contributed by atoms with Gasteiger partial charge in [0.1, 0.15) is 23.9 Å². The topological polar surface area (TPSA) is 194 Å². The molecule has 1 aliphatic rings. The quantitative estimate of drug-likeness (QED) is 0.189. The molecule has 1 aromatic carbocycles. The summed E-state index contributed by atoms with van der Waals surface area (Å²) in [6.07, 6.45) is 1.16. The molecule has 36 heavy (non-hydrogen) atoms. The van der Waals surface area contributed by atoms with Crippen LogP contribution in [0.4, 0.5) is 0 Å². The number of benzene rings is 1. The predicted molar refractivity (Wildman–Crippen MR) is 128 cm³/mol. The molecule has 0 aliphatic carbocycles. The Morgan fingerprint density at radius 1 is 1.00 bits per heavy atom. The van der Waals surface area contributed by atoms with E-state index in [9.17, 15) is 34.2 Å². The van der Waals surface area contributed by atoms with Gasteiger partial charge in [0, 0.05) is 6.42 Å². The zero-order valence-corrected chi connectivity index (χ0v) is 20.3. The highest BCUT2D eigenvalue weighted by Gasteiger charge is 2.34. The van der Waals surface area contributed by atoms with E-state index in [2.05, 4.69) is 21.3 Å². The summed E-state index contributed by atoms with van der Waals surface area (Å²) in [5, 5.41) is 38.4. The molecular formula is C24H34N4O8. The molecule has 1 heterocycles. The molecule has 0 aromatic heterocycles. The smallest absolute Gasteiger partial charge is 0.326 e. The van der Waals surface area contributed by atoms with E-state index >= 15 is 0 Å². The van der Waals surface area contributed by atoms with Crippen molar-refractivity contribution in [1.82, 2.24) is 21.3 Å². The van der Waals surface area contributed by atoms with E-state index in [4.69, 9.17) is 5.11 Å². The summed E-state index contributed by atoms with van der Waals surface area (Å²) in [4.78, 5) is 61.4. The van der Waals surface area contributed by atoms with E-state index in [1.165, 1.54) is 12.1 Å². The Balaban J connectivity index is 2.22. The second-order valence-corrected chi connectivity index (χ2v) is 8.95. The Bertz CT molecular complexity index is 946. The Labute approximate surface area is 208 Å². The van der Waals surface area contributed by atoms with Gasteiger partial charge in [0.05, 0.1) is 12.5 Å². The van der Waals surface area contributed by atoms with E-state index in [-0.39, 0.29) is 18.1 Å².